The Morgan fingerprint density at radius 3 is 2.84 bits per heavy atom. The Balaban J connectivity index is 2.01. The van der Waals surface area contributed by atoms with Gasteiger partial charge in [-0.1, -0.05) is 18.3 Å². The first-order valence-corrected chi connectivity index (χ1v) is 6.69. The van der Waals surface area contributed by atoms with Crippen LogP contribution in [0.1, 0.15) is 16.9 Å². The smallest absolute Gasteiger partial charge is 0.264 e. The molecule has 0 unspecified atom stereocenters. The molecule has 0 aliphatic heterocycles. The predicted octanol–water partition coefficient (Wildman–Crippen LogP) is 0.592. The van der Waals surface area contributed by atoms with E-state index in [1.807, 2.05) is 6.92 Å². The van der Waals surface area contributed by atoms with E-state index < -0.39 is 0 Å². The molecule has 3 aromatic rings. The number of aryl methyl sites for hydroxylation is 2. The van der Waals surface area contributed by atoms with Crippen molar-refractivity contribution >= 4 is 22.4 Å². The highest BCUT2D eigenvalue weighted by Crippen LogP contribution is 2.11. The van der Waals surface area contributed by atoms with Gasteiger partial charge in [0.2, 0.25) is 0 Å². The van der Waals surface area contributed by atoms with Crippen molar-refractivity contribution in [3.05, 3.63) is 32.9 Å². The number of nitrogens with zero attached hydrogens (tertiary/aromatic N) is 6. The van der Waals surface area contributed by atoms with Crippen molar-refractivity contribution in [2.45, 2.75) is 19.9 Å². The highest BCUT2D eigenvalue weighted by Gasteiger charge is 2.10. The van der Waals surface area contributed by atoms with Crippen LogP contribution in [0, 0.1) is 0 Å². The summed E-state index contributed by atoms with van der Waals surface area (Å²) in [6.45, 7) is 2.42. The number of aromatic nitrogens is 6. The zero-order valence-electron chi connectivity index (χ0n) is 10.6. The zero-order valence-corrected chi connectivity index (χ0v) is 11.4. The third kappa shape index (κ3) is 2.03. The molecule has 0 fully saturated rings. The van der Waals surface area contributed by atoms with E-state index >= 15 is 0 Å². The van der Waals surface area contributed by atoms with Crippen molar-refractivity contribution < 1.29 is 0 Å². The Kier molecular flexibility index (Phi) is 2.86. The number of hydrogen-bond acceptors (Lipinski definition) is 6. The first-order chi connectivity index (χ1) is 9.19. The molecule has 0 aliphatic rings. The fraction of sp³-hybridized carbons (Fsp3) is 0.364. The minimum absolute atomic E-state index is 0.105. The molecule has 0 bridgehead atoms. The van der Waals surface area contributed by atoms with Crippen LogP contribution in [0.15, 0.2) is 17.3 Å². The van der Waals surface area contributed by atoms with E-state index in [0.29, 0.717) is 17.6 Å². The molecule has 0 aliphatic carbocycles. The van der Waals surface area contributed by atoms with E-state index in [4.69, 9.17) is 0 Å². The van der Waals surface area contributed by atoms with Gasteiger partial charge in [0.15, 0.2) is 5.65 Å². The van der Waals surface area contributed by atoms with Gasteiger partial charge < -0.3 is 0 Å². The van der Waals surface area contributed by atoms with Crippen LogP contribution in [-0.4, -0.2) is 29.5 Å². The van der Waals surface area contributed by atoms with Gasteiger partial charge in [-0.15, -0.1) is 10.2 Å². The second-order valence-corrected chi connectivity index (χ2v) is 5.27. The van der Waals surface area contributed by atoms with Crippen LogP contribution in [0.25, 0.3) is 11.0 Å². The van der Waals surface area contributed by atoms with E-state index in [0.717, 1.165) is 16.4 Å². The lowest BCUT2D eigenvalue weighted by Gasteiger charge is -2.01. The van der Waals surface area contributed by atoms with Gasteiger partial charge in [-0.25, -0.2) is 4.98 Å². The molecule has 0 radical (unpaired) electrons. The minimum Gasteiger partial charge on any atom is -0.292 e. The van der Waals surface area contributed by atoms with Gasteiger partial charge in [0.05, 0.1) is 12.7 Å². The molecule has 0 amide bonds. The monoisotopic (exact) mass is 276 g/mol. The maximum atomic E-state index is 12.2. The molecule has 0 atom stereocenters. The molecule has 3 rings (SSSR count). The summed E-state index contributed by atoms with van der Waals surface area (Å²) in [6.07, 6.45) is 3.92. The van der Waals surface area contributed by atoms with Gasteiger partial charge in [-0.3, -0.25) is 14.0 Å². The second kappa shape index (κ2) is 4.54. The first kappa shape index (κ1) is 12.0. The summed E-state index contributed by atoms with van der Waals surface area (Å²) in [4.78, 5) is 16.5. The third-order valence-electron chi connectivity index (χ3n) is 2.83. The van der Waals surface area contributed by atoms with E-state index in [1.54, 1.807) is 17.9 Å². The average Bonchev–Trinajstić information content (AvgIpc) is 3.00. The maximum absolute atomic E-state index is 12.2. The average molecular weight is 276 g/mol. The van der Waals surface area contributed by atoms with Crippen LogP contribution in [0.3, 0.4) is 0 Å². The summed E-state index contributed by atoms with van der Waals surface area (Å²) >= 11 is 1.52. The second-order valence-electron chi connectivity index (χ2n) is 4.13. The normalized spacial score (nSPS) is 11.3. The summed E-state index contributed by atoms with van der Waals surface area (Å²) in [5.74, 6) is 0. The van der Waals surface area contributed by atoms with Crippen LogP contribution in [0.4, 0.5) is 0 Å². The van der Waals surface area contributed by atoms with Gasteiger partial charge >= 0.3 is 0 Å². The fourth-order valence-corrected chi connectivity index (χ4v) is 2.60. The van der Waals surface area contributed by atoms with Gasteiger partial charge in [0.1, 0.15) is 21.7 Å². The minimum atomic E-state index is -0.105. The molecule has 0 saturated heterocycles. The summed E-state index contributed by atoms with van der Waals surface area (Å²) in [7, 11) is 1.76. The molecule has 3 heterocycles. The Hall–Kier alpha value is -2.09. The summed E-state index contributed by atoms with van der Waals surface area (Å²) in [5, 5.41) is 14.4. The topological polar surface area (TPSA) is 78.5 Å². The van der Waals surface area contributed by atoms with Crippen molar-refractivity contribution in [1.29, 1.82) is 0 Å². The summed E-state index contributed by atoms with van der Waals surface area (Å²) < 4.78 is 3.12. The van der Waals surface area contributed by atoms with Gasteiger partial charge in [-0.05, 0) is 6.42 Å². The molecule has 0 N–H and O–H groups in total. The molecule has 7 nitrogen and oxygen atoms in total. The summed E-state index contributed by atoms with van der Waals surface area (Å²) in [6, 6.07) is 0. The van der Waals surface area contributed by atoms with Crippen LogP contribution >= 0.6 is 11.3 Å². The Morgan fingerprint density at radius 2 is 2.11 bits per heavy atom. The molecular formula is C11H12N6OS. The summed E-state index contributed by atoms with van der Waals surface area (Å²) in [5.41, 5.74) is 0.485. The lowest BCUT2D eigenvalue weighted by molar-refractivity contribution is 0.725. The number of fused-ring (bicyclic) bond motifs is 1. The molecule has 0 aromatic carbocycles. The maximum Gasteiger partial charge on any atom is 0.264 e. The lowest BCUT2D eigenvalue weighted by Crippen LogP contribution is -2.21. The van der Waals surface area contributed by atoms with E-state index in [-0.39, 0.29) is 5.56 Å². The van der Waals surface area contributed by atoms with Crippen molar-refractivity contribution in [3.63, 3.8) is 0 Å². The highest BCUT2D eigenvalue weighted by molar-refractivity contribution is 7.11. The molecule has 19 heavy (non-hydrogen) atoms. The Morgan fingerprint density at radius 1 is 1.32 bits per heavy atom. The lowest BCUT2D eigenvalue weighted by atomic mass is 10.4. The van der Waals surface area contributed by atoms with Crippen molar-refractivity contribution in [2.75, 3.05) is 0 Å². The quantitative estimate of drug-likeness (QED) is 0.699. The van der Waals surface area contributed by atoms with Crippen LogP contribution in [-0.2, 0) is 20.0 Å². The highest BCUT2D eigenvalue weighted by atomic mass is 32.1. The van der Waals surface area contributed by atoms with Gasteiger partial charge in [-0.2, -0.15) is 5.10 Å². The van der Waals surface area contributed by atoms with E-state index in [2.05, 4.69) is 20.3 Å². The van der Waals surface area contributed by atoms with E-state index in [9.17, 15) is 4.79 Å². The molecule has 0 spiro atoms. The fourth-order valence-electron chi connectivity index (χ4n) is 1.82. The molecular weight excluding hydrogens is 264 g/mol. The van der Waals surface area contributed by atoms with Crippen molar-refractivity contribution in [1.82, 2.24) is 29.5 Å². The zero-order chi connectivity index (χ0) is 13.4. The molecule has 3 aromatic heterocycles. The molecule has 0 saturated carbocycles. The number of hydrogen-bond donors (Lipinski definition) is 0. The molecule has 98 valence electrons. The largest absolute Gasteiger partial charge is 0.292 e. The Bertz CT molecular complexity index is 786. The number of rotatable bonds is 3. The Labute approximate surface area is 112 Å². The SMILES string of the molecule is CCc1nnc(Cn2cnc3c(cnn3C)c2=O)s1. The third-order valence-corrected chi connectivity index (χ3v) is 3.89. The van der Waals surface area contributed by atoms with Gasteiger partial charge in [0, 0.05) is 7.05 Å². The van der Waals surface area contributed by atoms with Gasteiger partial charge in [0.25, 0.3) is 5.56 Å². The predicted molar refractivity (Wildman–Crippen MR) is 71.2 cm³/mol. The van der Waals surface area contributed by atoms with Crippen LogP contribution < -0.4 is 5.56 Å². The van der Waals surface area contributed by atoms with Crippen LogP contribution in [0.5, 0.6) is 0 Å². The van der Waals surface area contributed by atoms with Crippen LogP contribution in [0.2, 0.25) is 0 Å². The van der Waals surface area contributed by atoms with Crippen molar-refractivity contribution in [3.8, 4) is 0 Å². The first-order valence-electron chi connectivity index (χ1n) is 5.87. The van der Waals surface area contributed by atoms with E-state index in [1.165, 1.54) is 22.2 Å². The molecule has 8 heteroatoms. The van der Waals surface area contributed by atoms with Crippen molar-refractivity contribution in [2.24, 2.45) is 7.05 Å². The standard InChI is InChI=1S/C11H12N6OS/c1-3-8-14-15-9(19-8)5-17-6-12-10-7(11(17)18)4-13-16(10)2/h4,6H,3,5H2,1-2H3.